The SMILES string of the molecule is CCCNC1CCCC(N(CCC)C(C)C)C1. The molecule has 0 aliphatic heterocycles. The first-order valence-electron chi connectivity index (χ1n) is 7.68. The van der Waals surface area contributed by atoms with Gasteiger partial charge in [0, 0.05) is 18.1 Å². The highest BCUT2D eigenvalue weighted by molar-refractivity contribution is 4.85. The van der Waals surface area contributed by atoms with Crippen molar-refractivity contribution in [2.24, 2.45) is 0 Å². The van der Waals surface area contributed by atoms with E-state index in [0.29, 0.717) is 6.04 Å². The van der Waals surface area contributed by atoms with E-state index in [-0.39, 0.29) is 0 Å². The van der Waals surface area contributed by atoms with Gasteiger partial charge in [-0.25, -0.2) is 0 Å². The van der Waals surface area contributed by atoms with Crippen LogP contribution in [0.1, 0.15) is 66.2 Å². The lowest BCUT2D eigenvalue weighted by molar-refractivity contribution is 0.108. The highest BCUT2D eigenvalue weighted by atomic mass is 15.2. The lowest BCUT2D eigenvalue weighted by atomic mass is 9.89. The van der Waals surface area contributed by atoms with Crippen LogP contribution in [0, 0.1) is 0 Å². The monoisotopic (exact) mass is 240 g/mol. The summed E-state index contributed by atoms with van der Waals surface area (Å²) < 4.78 is 0. The van der Waals surface area contributed by atoms with Gasteiger partial charge < -0.3 is 5.32 Å². The van der Waals surface area contributed by atoms with Crippen LogP contribution in [0.3, 0.4) is 0 Å². The molecule has 1 fully saturated rings. The van der Waals surface area contributed by atoms with Crippen LogP contribution in [0.15, 0.2) is 0 Å². The Morgan fingerprint density at radius 2 is 1.94 bits per heavy atom. The van der Waals surface area contributed by atoms with Gasteiger partial charge in [-0.15, -0.1) is 0 Å². The smallest absolute Gasteiger partial charge is 0.0113 e. The molecule has 0 amide bonds. The van der Waals surface area contributed by atoms with Crippen molar-refractivity contribution >= 4 is 0 Å². The number of hydrogen-bond acceptors (Lipinski definition) is 2. The van der Waals surface area contributed by atoms with Crippen LogP contribution < -0.4 is 5.32 Å². The van der Waals surface area contributed by atoms with Crippen LogP contribution in [0.2, 0.25) is 0 Å². The fourth-order valence-electron chi connectivity index (χ4n) is 3.12. The maximum Gasteiger partial charge on any atom is 0.0113 e. The van der Waals surface area contributed by atoms with Gasteiger partial charge in [0.2, 0.25) is 0 Å². The molecule has 2 heteroatoms. The van der Waals surface area contributed by atoms with Crippen LogP contribution in [0.25, 0.3) is 0 Å². The zero-order valence-corrected chi connectivity index (χ0v) is 12.3. The van der Waals surface area contributed by atoms with Crippen molar-refractivity contribution in [2.75, 3.05) is 13.1 Å². The van der Waals surface area contributed by atoms with E-state index in [1.54, 1.807) is 0 Å². The Labute approximate surface area is 108 Å². The molecule has 1 aliphatic rings. The largest absolute Gasteiger partial charge is 0.314 e. The Morgan fingerprint density at radius 1 is 1.18 bits per heavy atom. The van der Waals surface area contributed by atoms with Gasteiger partial charge in [-0.3, -0.25) is 4.90 Å². The maximum absolute atomic E-state index is 3.71. The van der Waals surface area contributed by atoms with E-state index in [9.17, 15) is 0 Å². The average Bonchev–Trinajstić information content (AvgIpc) is 2.33. The van der Waals surface area contributed by atoms with Crippen molar-refractivity contribution in [3.63, 3.8) is 0 Å². The summed E-state index contributed by atoms with van der Waals surface area (Å²) >= 11 is 0. The Balaban J connectivity index is 2.45. The lowest BCUT2D eigenvalue weighted by Gasteiger charge is -2.40. The molecule has 0 aromatic rings. The molecule has 0 radical (unpaired) electrons. The third-order valence-electron chi connectivity index (χ3n) is 3.94. The van der Waals surface area contributed by atoms with Crippen LogP contribution in [0.4, 0.5) is 0 Å². The van der Waals surface area contributed by atoms with E-state index < -0.39 is 0 Å². The fourth-order valence-corrected chi connectivity index (χ4v) is 3.12. The molecule has 102 valence electrons. The van der Waals surface area contributed by atoms with E-state index in [1.165, 1.54) is 51.6 Å². The maximum atomic E-state index is 3.71. The van der Waals surface area contributed by atoms with Gasteiger partial charge in [0.1, 0.15) is 0 Å². The number of hydrogen-bond donors (Lipinski definition) is 1. The first-order chi connectivity index (χ1) is 8.19. The first-order valence-corrected chi connectivity index (χ1v) is 7.68. The van der Waals surface area contributed by atoms with Crippen molar-refractivity contribution < 1.29 is 0 Å². The van der Waals surface area contributed by atoms with E-state index in [0.717, 1.165) is 12.1 Å². The molecule has 2 nitrogen and oxygen atoms in total. The minimum Gasteiger partial charge on any atom is -0.314 e. The van der Waals surface area contributed by atoms with Crippen LogP contribution in [0.5, 0.6) is 0 Å². The molecule has 1 rings (SSSR count). The van der Waals surface area contributed by atoms with Gasteiger partial charge in [-0.05, 0) is 59.0 Å². The highest BCUT2D eigenvalue weighted by Gasteiger charge is 2.27. The Kier molecular flexibility index (Phi) is 7.14. The minimum absolute atomic E-state index is 0.699. The van der Waals surface area contributed by atoms with Crippen molar-refractivity contribution in [2.45, 2.75) is 84.3 Å². The predicted octanol–water partition coefficient (Wildman–Crippen LogP) is 3.42. The Morgan fingerprint density at radius 3 is 2.53 bits per heavy atom. The molecular weight excluding hydrogens is 208 g/mol. The predicted molar refractivity (Wildman–Crippen MR) is 76.5 cm³/mol. The van der Waals surface area contributed by atoms with Crippen molar-refractivity contribution in [1.29, 1.82) is 0 Å². The van der Waals surface area contributed by atoms with Gasteiger partial charge in [-0.2, -0.15) is 0 Å². The summed E-state index contributed by atoms with van der Waals surface area (Å²) in [5.41, 5.74) is 0. The molecule has 1 N–H and O–H groups in total. The van der Waals surface area contributed by atoms with Crippen molar-refractivity contribution in [3.05, 3.63) is 0 Å². The van der Waals surface area contributed by atoms with Crippen LogP contribution in [-0.2, 0) is 0 Å². The Hall–Kier alpha value is -0.0800. The molecule has 2 unspecified atom stereocenters. The molecule has 2 atom stereocenters. The topological polar surface area (TPSA) is 15.3 Å². The van der Waals surface area contributed by atoms with Gasteiger partial charge in [0.25, 0.3) is 0 Å². The summed E-state index contributed by atoms with van der Waals surface area (Å²) in [6.45, 7) is 11.7. The second kappa shape index (κ2) is 8.10. The lowest BCUT2D eigenvalue weighted by Crippen LogP contribution is -2.47. The van der Waals surface area contributed by atoms with E-state index in [2.05, 4.69) is 37.9 Å². The second-order valence-corrected chi connectivity index (χ2v) is 5.80. The Bertz CT molecular complexity index is 191. The normalized spacial score (nSPS) is 25.8. The minimum atomic E-state index is 0.699. The first kappa shape index (κ1) is 15.0. The molecule has 0 aromatic carbocycles. The van der Waals surface area contributed by atoms with Crippen LogP contribution in [-0.4, -0.2) is 36.1 Å². The molecule has 0 saturated heterocycles. The third kappa shape index (κ3) is 4.97. The van der Waals surface area contributed by atoms with Crippen molar-refractivity contribution in [1.82, 2.24) is 10.2 Å². The quantitative estimate of drug-likeness (QED) is 0.733. The molecule has 1 saturated carbocycles. The number of rotatable bonds is 7. The van der Waals surface area contributed by atoms with Crippen molar-refractivity contribution in [3.8, 4) is 0 Å². The van der Waals surface area contributed by atoms with Crippen LogP contribution >= 0.6 is 0 Å². The molecular formula is C15H32N2. The summed E-state index contributed by atoms with van der Waals surface area (Å²) in [5.74, 6) is 0. The second-order valence-electron chi connectivity index (χ2n) is 5.80. The molecule has 17 heavy (non-hydrogen) atoms. The summed E-state index contributed by atoms with van der Waals surface area (Å²) in [5, 5.41) is 3.71. The van der Waals surface area contributed by atoms with Gasteiger partial charge >= 0.3 is 0 Å². The summed E-state index contributed by atoms with van der Waals surface area (Å²) in [7, 11) is 0. The van der Waals surface area contributed by atoms with E-state index in [1.807, 2.05) is 0 Å². The third-order valence-corrected chi connectivity index (χ3v) is 3.94. The summed E-state index contributed by atoms with van der Waals surface area (Å²) in [6, 6.07) is 2.29. The van der Waals surface area contributed by atoms with Gasteiger partial charge in [0.05, 0.1) is 0 Å². The molecule has 0 aromatic heterocycles. The summed E-state index contributed by atoms with van der Waals surface area (Å²) in [4.78, 5) is 2.72. The van der Waals surface area contributed by atoms with Gasteiger partial charge in [0.15, 0.2) is 0 Å². The zero-order chi connectivity index (χ0) is 12.7. The zero-order valence-electron chi connectivity index (χ0n) is 12.3. The van der Waals surface area contributed by atoms with E-state index in [4.69, 9.17) is 0 Å². The summed E-state index contributed by atoms with van der Waals surface area (Å²) in [6.07, 6.45) is 8.08. The molecule has 0 bridgehead atoms. The molecule has 0 spiro atoms. The van der Waals surface area contributed by atoms with Gasteiger partial charge in [-0.1, -0.05) is 20.3 Å². The molecule has 0 heterocycles. The fraction of sp³-hybridized carbons (Fsp3) is 1.00. The highest BCUT2D eigenvalue weighted by Crippen LogP contribution is 2.24. The number of nitrogens with one attached hydrogen (secondary N) is 1. The molecule has 1 aliphatic carbocycles. The average molecular weight is 240 g/mol. The number of nitrogens with zero attached hydrogens (tertiary/aromatic N) is 1. The standard InChI is InChI=1S/C15H32N2/c1-5-10-16-14-8-7-9-15(12-14)17(11-6-2)13(3)4/h13-16H,5-12H2,1-4H3. The van der Waals surface area contributed by atoms with E-state index >= 15 is 0 Å².